The summed E-state index contributed by atoms with van der Waals surface area (Å²) in [5, 5.41) is 9.87. The van der Waals surface area contributed by atoms with Crippen molar-refractivity contribution in [2.45, 2.75) is 31.8 Å². The number of rotatable bonds is 3. The van der Waals surface area contributed by atoms with Crippen LogP contribution in [0.2, 0.25) is 0 Å². The third-order valence-corrected chi connectivity index (χ3v) is 2.93. The van der Waals surface area contributed by atoms with E-state index in [4.69, 9.17) is 0 Å². The number of halogens is 2. The zero-order valence-corrected chi connectivity index (χ0v) is 8.92. The molecule has 16 heavy (non-hydrogen) atoms. The van der Waals surface area contributed by atoms with E-state index in [0.717, 1.165) is 30.9 Å². The summed E-state index contributed by atoms with van der Waals surface area (Å²) >= 11 is 0. The molecule has 1 nitrogen and oxygen atoms in total. The van der Waals surface area contributed by atoms with Gasteiger partial charge in [-0.1, -0.05) is 12.1 Å². The zero-order chi connectivity index (χ0) is 11.5. The van der Waals surface area contributed by atoms with Crippen LogP contribution in [0.3, 0.4) is 0 Å². The van der Waals surface area contributed by atoms with Gasteiger partial charge in [0.15, 0.2) is 0 Å². The Hall–Kier alpha value is -1.22. The molecular formula is C13H14F2O. The number of hydrogen-bond acceptors (Lipinski definition) is 1. The molecule has 0 saturated carbocycles. The van der Waals surface area contributed by atoms with Gasteiger partial charge in [0.05, 0.1) is 6.10 Å². The molecular weight excluding hydrogens is 210 g/mol. The fraction of sp³-hybridized carbons (Fsp3) is 0.385. The Morgan fingerprint density at radius 1 is 1.31 bits per heavy atom. The fourth-order valence-electron chi connectivity index (χ4n) is 2.02. The molecule has 1 N–H and O–H groups in total. The monoisotopic (exact) mass is 224 g/mol. The Bertz CT molecular complexity index is 412. The molecule has 0 heterocycles. The van der Waals surface area contributed by atoms with E-state index in [0.29, 0.717) is 5.56 Å². The van der Waals surface area contributed by atoms with Crippen LogP contribution in [0.25, 0.3) is 0 Å². The molecule has 0 aromatic heterocycles. The van der Waals surface area contributed by atoms with E-state index in [2.05, 4.69) is 0 Å². The van der Waals surface area contributed by atoms with Crippen LogP contribution in [0, 0.1) is 11.6 Å². The smallest absolute Gasteiger partial charge is 0.129 e. The van der Waals surface area contributed by atoms with Gasteiger partial charge in [0.2, 0.25) is 0 Å². The fourth-order valence-corrected chi connectivity index (χ4v) is 2.02. The Labute approximate surface area is 93.4 Å². The van der Waals surface area contributed by atoms with Gasteiger partial charge in [-0.25, -0.2) is 8.78 Å². The van der Waals surface area contributed by atoms with Gasteiger partial charge < -0.3 is 5.11 Å². The van der Waals surface area contributed by atoms with Crippen molar-refractivity contribution in [3.05, 3.63) is 47.0 Å². The lowest BCUT2D eigenvalue weighted by molar-refractivity contribution is 0.207. The molecule has 0 fully saturated rings. The van der Waals surface area contributed by atoms with Crippen molar-refractivity contribution in [3.63, 3.8) is 0 Å². The molecule has 0 amide bonds. The number of aliphatic hydroxyl groups is 1. The van der Waals surface area contributed by atoms with Crippen molar-refractivity contribution < 1.29 is 13.9 Å². The van der Waals surface area contributed by atoms with E-state index in [-0.39, 0.29) is 6.42 Å². The number of aliphatic hydroxyl groups excluding tert-OH is 1. The van der Waals surface area contributed by atoms with Gasteiger partial charge in [-0.15, -0.1) is 0 Å². The van der Waals surface area contributed by atoms with Crippen LogP contribution in [0.4, 0.5) is 8.78 Å². The highest BCUT2D eigenvalue weighted by Gasteiger charge is 2.16. The summed E-state index contributed by atoms with van der Waals surface area (Å²) < 4.78 is 26.0. The lowest BCUT2D eigenvalue weighted by atomic mass is 10.0. The first kappa shape index (κ1) is 11.3. The molecule has 86 valence electrons. The summed E-state index contributed by atoms with van der Waals surface area (Å²) in [6.07, 6.45) is 4.51. The van der Waals surface area contributed by atoms with Gasteiger partial charge in [-0.05, 0) is 36.5 Å². The summed E-state index contributed by atoms with van der Waals surface area (Å²) in [4.78, 5) is 0. The van der Waals surface area contributed by atoms with E-state index in [1.165, 1.54) is 12.1 Å². The van der Waals surface area contributed by atoms with Crippen LogP contribution < -0.4 is 0 Å². The standard InChI is InChI=1S/C13H14F2O/c14-11-6-5-10(12(15)8-11)7-13(16)9-3-1-2-4-9/h3,5-6,8,13,16H,1-2,4,7H2. The normalized spacial score (nSPS) is 17.3. The molecule has 1 aliphatic rings. The highest BCUT2D eigenvalue weighted by atomic mass is 19.1. The van der Waals surface area contributed by atoms with Crippen molar-refractivity contribution in [1.82, 2.24) is 0 Å². The highest BCUT2D eigenvalue weighted by Crippen LogP contribution is 2.23. The molecule has 1 atom stereocenters. The summed E-state index contributed by atoms with van der Waals surface area (Å²) in [5.41, 5.74) is 1.34. The minimum Gasteiger partial charge on any atom is -0.388 e. The third-order valence-electron chi connectivity index (χ3n) is 2.93. The van der Waals surface area contributed by atoms with Crippen molar-refractivity contribution in [2.24, 2.45) is 0 Å². The van der Waals surface area contributed by atoms with Gasteiger partial charge in [0, 0.05) is 12.5 Å². The molecule has 0 aliphatic heterocycles. The minimum atomic E-state index is -0.637. The summed E-state index contributed by atoms with van der Waals surface area (Å²) in [6.45, 7) is 0. The van der Waals surface area contributed by atoms with Gasteiger partial charge in [-0.2, -0.15) is 0 Å². The molecule has 2 rings (SSSR count). The minimum absolute atomic E-state index is 0.220. The van der Waals surface area contributed by atoms with Crippen LogP contribution in [0.5, 0.6) is 0 Å². The Morgan fingerprint density at radius 2 is 2.12 bits per heavy atom. The molecule has 0 radical (unpaired) electrons. The van der Waals surface area contributed by atoms with Crippen molar-refractivity contribution >= 4 is 0 Å². The van der Waals surface area contributed by atoms with E-state index in [1.807, 2.05) is 6.08 Å². The van der Waals surface area contributed by atoms with Gasteiger partial charge in [0.1, 0.15) is 11.6 Å². The largest absolute Gasteiger partial charge is 0.388 e. The molecule has 0 bridgehead atoms. The predicted octanol–water partition coefficient (Wildman–Crippen LogP) is 2.98. The summed E-state index contributed by atoms with van der Waals surface area (Å²) in [7, 11) is 0. The quantitative estimate of drug-likeness (QED) is 0.782. The van der Waals surface area contributed by atoms with Crippen molar-refractivity contribution in [3.8, 4) is 0 Å². The molecule has 1 aliphatic carbocycles. The molecule has 0 spiro atoms. The average Bonchev–Trinajstić information content (AvgIpc) is 2.75. The maximum atomic E-state index is 13.3. The molecule has 1 aromatic rings. The second-order valence-corrected chi connectivity index (χ2v) is 4.13. The summed E-state index contributed by atoms with van der Waals surface area (Å²) in [6, 6.07) is 3.46. The first-order valence-electron chi connectivity index (χ1n) is 5.48. The number of allylic oxidation sites excluding steroid dienone is 1. The van der Waals surface area contributed by atoms with Crippen LogP contribution in [-0.2, 0) is 6.42 Å². The van der Waals surface area contributed by atoms with Gasteiger partial charge in [0.25, 0.3) is 0 Å². The number of benzene rings is 1. The molecule has 1 aromatic carbocycles. The van der Waals surface area contributed by atoms with Crippen LogP contribution in [-0.4, -0.2) is 11.2 Å². The van der Waals surface area contributed by atoms with Crippen LogP contribution in [0.1, 0.15) is 24.8 Å². The SMILES string of the molecule is OC(Cc1ccc(F)cc1F)C1=CCCC1. The topological polar surface area (TPSA) is 20.2 Å². The molecule has 1 unspecified atom stereocenters. The average molecular weight is 224 g/mol. The van der Waals surface area contributed by atoms with Crippen LogP contribution in [0.15, 0.2) is 29.8 Å². The maximum absolute atomic E-state index is 13.3. The predicted molar refractivity (Wildman–Crippen MR) is 58.0 cm³/mol. The van der Waals surface area contributed by atoms with Crippen molar-refractivity contribution in [1.29, 1.82) is 0 Å². The van der Waals surface area contributed by atoms with E-state index in [9.17, 15) is 13.9 Å². The van der Waals surface area contributed by atoms with Gasteiger partial charge >= 0.3 is 0 Å². The molecule has 0 saturated heterocycles. The second kappa shape index (κ2) is 4.74. The lowest BCUT2D eigenvalue weighted by Gasteiger charge is -2.12. The second-order valence-electron chi connectivity index (χ2n) is 4.13. The Morgan fingerprint density at radius 3 is 2.75 bits per heavy atom. The Kier molecular flexibility index (Phi) is 3.34. The lowest BCUT2D eigenvalue weighted by Crippen LogP contribution is -2.13. The zero-order valence-electron chi connectivity index (χ0n) is 8.92. The first-order valence-corrected chi connectivity index (χ1v) is 5.48. The van der Waals surface area contributed by atoms with E-state index >= 15 is 0 Å². The molecule has 3 heteroatoms. The van der Waals surface area contributed by atoms with E-state index in [1.54, 1.807) is 0 Å². The first-order chi connectivity index (χ1) is 7.66. The highest BCUT2D eigenvalue weighted by molar-refractivity contribution is 5.23. The third kappa shape index (κ3) is 2.47. The van der Waals surface area contributed by atoms with Crippen LogP contribution >= 0.6 is 0 Å². The maximum Gasteiger partial charge on any atom is 0.129 e. The number of hydrogen-bond donors (Lipinski definition) is 1. The van der Waals surface area contributed by atoms with Crippen molar-refractivity contribution in [2.75, 3.05) is 0 Å². The van der Waals surface area contributed by atoms with E-state index < -0.39 is 17.7 Å². The van der Waals surface area contributed by atoms with Gasteiger partial charge in [-0.3, -0.25) is 0 Å². The Balaban J connectivity index is 2.08. The summed E-state index contributed by atoms with van der Waals surface area (Å²) in [5.74, 6) is -1.17.